The zero-order valence-corrected chi connectivity index (χ0v) is 22.6. The van der Waals surface area contributed by atoms with Crippen molar-refractivity contribution in [3.8, 4) is 0 Å². The Morgan fingerprint density at radius 2 is 2.00 bits per heavy atom. The lowest BCUT2D eigenvalue weighted by atomic mass is 10.2. The molecular formula is C22H37N2O6PS2. The van der Waals surface area contributed by atoms with Gasteiger partial charge in [-0.3, -0.25) is 9.59 Å². The molecule has 188 valence electrons. The average molecular weight is 521 g/mol. The zero-order valence-electron chi connectivity index (χ0n) is 20.1. The van der Waals surface area contributed by atoms with Gasteiger partial charge in [-0.15, -0.1) is 0 Å². The number of aromatic nitrogens is 1. The van der Waals surface area contributed by atoms with Gasteiger partial charge in [-0.25, -0.2) is 4.98 Å². The molecule has 1 amide bonds. The summed E-state index contributed by atoms with van der Waals surface area (Å²) in [4.78, 5) is 28.3. The molecule has 1 heterocycles. The molecule has 2 atom stereocenters. The van der Waals surface area contributed by atoms with Crippen LogP contribution >= 0.6 is 29.5 Å². The Morgan fingerprint density at radius 1 is 1.24 bits per heavy atom. The number of aliphatic hydroxyl groups is 1. The van der Waals surface area contributed by atoms with Crippen LogP contribution in [0, 0.1) is 0 Å². The number of aliphatic hydroxyl groups excluding tert-OH is 1. The Labute approximate surface area is 206 Å². The van der Waals surface area contributed by atoms with Crippen LogP contribution in [-0.4, -0.2) is 78.5 Å². The highest BCUT2D eigenvalue weighted by Gasteiger charge is 2.25. The summed E-state index contributed by atoms with van der Waals surface area (Å²) < 4.78 is 17.0. The SMILES string of the molecule is CP(C)C(CO)OC(COC(=O)CCCC(=O)NCCSSc1ccccn1)OC(C)(C)C. The molecule has 0 aliphatic heterocycles. The molecule has 0 fully saturated rings. The summed E-state index contributed by atoms with van der Waals surface area (Å²) in [5.41, 5.74) is -0.492. The van der Waals surface area contributed by atoms with Gasteiger partial charge in [0.05, 0.1) is 12.2 Å². The molecule has 0 aromatic carbocycles. The molecule has 2 unspecified atom stereocenters. The van der Waals surface area contributed by atoms with Crippen molar-refractivity contribution < 1.29 is 28.9 Å². The van der Waals surface area contributed by atoms with Gasteiger partial charge >= 0.3 is 5.97 Å². The summed E-state index contributed by atoms with van der Waals surface area (Å²) >= 11 is 0. The largest absolute Gasteiger partial charge is 0.460 e. The van der Waals surface area contributed by atoms with Crippen molar-refractivity contribution >= 4 is 41.4 Å². The fourth-order valence-electron chi connectivity index (χ4n) is 2.44. The molecule has 1 rings (SSSR count). The van der Waals surface area contributed by atoms with Crippen molar-refractivity contribution in [3.63, 3.8) is 0 Å². The number of pyridine rings is 1. The maximum Gasteiger partial charge on any atom is 0.305 e. The summed E-state index contributed by atoms with van der Waals surface area (Å²) in [5.74, 6) is -0.0904. The molecule has 0 bridgehead atoms. The zero-order chi connectivity index (χ0) is 24.7. The van der Waals surface area contributed by atoms with Crippen molar-refractivity contribution in [3.05, 3.63) is 24.4 Å². The summed E-state index contributed by atoms with van der Waals surface area (Å²) in [5, 5.41) is 13.3. The Hall–Kier alpha value is -0.900. The van der Waals surface area contributed by atoms with E-state index in [9.17, 15) is 14.7 Å². The molecule has 8 nitrogen and oxygen atoms in total. The first kappa shape index (κ1) is 30.1. The Balaban J connectivity index is 2.22. The second-order valence-corrected chi connectivity index (χ2v) is 13.3. The van der Waals surface area contributed by atoms with E-state index >= 15 is 0 Å². The third kappa shape index (κ3) is 15.6. The van der Waals surface area contributed by atoms with E-state index in [1.54, 1.807) is 27.8 Å². The fourth-order valence-corrected chi connectivity index (χ4v) is 4.94. The van der Waals surface area contributed by atoms with E-state index in [1.807, 2.05) is 52.3 Å². The van der Waals surface area contributed by atoms with Crippen LogP contribution in [0.3, 0.4) is 0 Å². The minimum Gasteiger partial charge on any atom is -0.460 e. The third-order valence-electron chi connectivity index (χ3n) is 3.98. The predicted octanol–water partition coefficient (Wildman–Crippen LogP) is 3.87. The average Bonchev–Trinajstić information content (AvgIpc) is 2.75. The molecule has 2 N–H and O–H groups in total. The quantitative estimate of drug-likeness (QED) is 0.110. The van der Waals surface area contributed by atoms with Crippen LogP contribution in [-0.2, 0) is 23.8 Å². The number of carbonyl (C=O) groups is 2. The maximum absolute atomic E-state index is 12.1. The van der Waals surface area contributed by atoms with Gasteiger partial charge in [0.15, 0.2) is 6.29 Å². The number of hydrogen-bond acceptors (Lipinski definition) is 9. The highest BCUT2D eigenvalue weighted by atomic mass is 33.1. The monoisotopic (exact) mass is 520 g/mol. The van der Waals surface area contributed by atoms with Gasteiger partial charge in [-0.05, 0) is 63.4 Å². The van der Waals surface area contributed by atoms with E-state index in [0.717, 1.165) is 10.8 Å². The van der Waals surface area contributed by atoms with Crippen molar-refractivity contribution in [2.75, 3.05) is 38.8 Å². The molecule has 0 aliphatic carbocycles. The van der Waals surface area contributed by atoms with Gasteiger partial charge in [0.2, 0.25) is 5.91 Å². The first-order valence-corrected chi connectivity index (χ1v) is 15.5. The second kappa shape index (κ2) is 16.7. The predicted molar refractivity (Wildman–Crippen MR) is 136 cm³/mol. The number of nitrogens with one attached hydrogen (secondary N) is 1. The summed E-state index contributed by atoms with van der Waals surface area (Å²) in [7, 11) is 2.65. The van der Waals surface area contributed by atoms with Crippen molar-refractivity contribution in [2.45, 2.75) is 62.8 Å². The standard InChI is InChI=1S/C22H37N2O6PS2/c1-22(2,3)30-20(29-21(15-25)31(4)5)16-28-19(27)11-8-9-17(26)23-13-14-32-33-18-10-6-7-12-24-18/h6-7,10,12,20-21,25H,8-9,11,13-16H2,1-5H3,(H,23,26). The van der Waals surface area contributed by atoms with Gasteiger partial charge in [-0.2, -0.15) is 0 Å². The van der Waals surface area contributed by atoms with E-state index < -0.39 is 25.8 Å². The molecule has 0 spiro atoms. The normalized spacial score (nSPS) is 13.5. The van der Waals surface area contributed by atoms with Crippen LogP contribution < -0.4 is 5.32 Å². The smallest absolute Gasteiger partial charge is 0.305 e. The molecule has 1 aromatic heterocycles. The summed E-state index contributed by atoms with van der Waals surface area (Å²) in [6.45, 7) is 10.0. The van der Waals surface area contributed by atoms with Crippen LogP contribution in [0.1, 0.15) is 40.0 Å². The number of hydrogen-bond donors (Lipinski definition) is 2. The lowest BCUT2D eigenvalue weighted by Crippen LogP contribution is -2.36. The molecule has 1 aromatic rings. The number of amides is 1. The number of carbonyl (C=O) groups excluding carboxylic acids is 2. The molecular weight excluding hydrogens is 483 g/mol. The van der Waals surface area contributed by atoms with Crippen LogP contribution in [0.5, 0.6) is 0 Å². The van der Waals surface area contributed by atoms with E-state index in [-0.39, 0.29) is 37.8 Å². The van der Waals surface area contributed by atoms with Crippen molar-refractivity contribution in [1.82, 2.24) is 10.3 Å². The van der Waals surface area contributed by atoms with E-state index in [4.69, 9.17) is 14.2 Å². The summed E-state index contributed by atoms with van der Waals surface area (Å²) in [6.07, 6.45) is 1.78. The van der Waals surface area contributed by atoms with E-state index in [1.165, 1.54) is 0 Å². The fraction of sp³-hybridized carbons (Fsp3) is 0.682. The van der Waals surface area contributed by atoms with Gasteiger partial charge < -0.3 is 24.6 Å². The van der Waals surface area contributed by atoms with Crippen LogP contribution in [0.2, 0.25) is 0 Å². The Bertz CT molecular complexity index is 691. The minimum atomic E-state index is -0.763. The molecule has 0 saturated carbocycles. The molecule has 0 aliphatic rings. The minimum absolute atomic E-state index is 0.0624. The van der Waals surface area contributed by atoms with Crippen LogP contribution in [0.25, 0.3) is 0 Å². The maximum atomic E-state index is 12.1. The number of nitrogens with zero attached hydrogens (tertiary/aromatic N) is 1. The van der Waals surface area contributed by atoms with E-state index in [0.29, 0.717) is 13.0 Å². The van der Waals surface area contributed by atoms with Gasteiger partial charge in [-0.1, -0.05) is 24.8 Å². The Morgan fingerprint density at radius 3 is 2.61 bits per heavy atom. The van der Waals surface area contributed by atoms with Gasteiger partial charge in [0.1, 0.15) is 17.5 Å². The topological polar surface area (TPSA) is 107 Å². The molecule has 0 radical (unpaired) electrons. The van der Waals surface area contributed by atoms with Crippen LogP contribution in [0.4, 0.5) is 0 Å². The highest BCUT2D eigenvalue weighted by Crippen LogP contribution is 2.34. The number of rotatable bonds is 16. The van der Waals surface area contributed by atoms with Gasteiger partial charge in [0, 0.05) is 31.3 Å². The van der Waals surface area contributed by atoms with Gasteiger partial charge in [0.25, 0.3) is 0 Å². The van der Waals surface area contributed by atoms with Crippen LogP contribution in [0.15, 0.2) is 29.4 Å². The van der Waals surface area contributed by atoms with Crippen molar-refractivity contribution in [2.24, 2.45) is 0 Å². The highest BCUT2D eigenvalue weighted by molar-refractivity contribution is 8.76. The van der Waals surface area contributed by atoms with E-state index in [2.05, 4.69) is 10.3 Å². The lowest BCUT2D eigenvalue weighted by molar-refractivity contribution is -0.226. The molecule has 11 heteroatoms. The first-order valence-electron chi connectivity index (χ1n) is 10.8. The molecule has 0 saturated heterocycles. The molecule has 33 heavy (non-hydrogen) atoms. The summed E-state index contributed by atoms with van der Waals surface area (Å²) in [6, 6.07) is 5.75. The van der Waals surface area contributed by atoms with Crippen molar-refractivity contribution in [1.29, 1.82) is 0 Å². The second-order valence-electron chi connectivity index (χ2n) is 8.36. The number of ether oxygens (including phenoxy) is 3. The lowest BCUT2D eigenvalue weighted by Gasteiger charge is -2.31. The number of esters is 1. The Kier molecular flexibility index (Phi) is 15.2. The first-order chi connectivity index (χ1) is 15.6. The third-order valence-corrected chi connectivity index (χ3v) is 7.68.